The largest absolute Gasteiger partial charge is 0.477 e. The lowest BCUT2D eigenvalue weighted by Gasteiger charge is -2.53. The summed E-state index contributed by atoms with van der Waals surface area (Å²) in [6.45, 7) is -3.25. The molecule has 6 heterocycles. The maximum atomic E-state index is 14.1. The van der Waals surface area contributed by atoms with Crippen LogP contribution in [0.25, 0.3) is 0 Å². The van der Waals surface area contributed by atoms with Gasteiger partial charge < -0.3 is 190 Å². The van der Waals surface area contributed by atoms with E-state index in [9.17, 15) is 141 Å². The molecule has 4 amide bonds. The van der Waals surface area contributed by atoms with Crippen molar-refractivity contribution in [3.05, 3.63) is 12.2 Å². The Morgan fingerprint density at radius 1 is 0.421 bits per heavy atom. The minimum absolute atomic E-state index is 0.0872. The van der Waals surface area contributed by atoms with Crippen molar-refractivity contribution in [2.45, 2.75) is 415 Å². The summed E-state index contributed by atoms with van der Waals surface area (Å²) in [7, 11) is 0. The van der Waals surface area contributed by atoms with Gasteiger partial charge in [-0.2, -0.15) is 0 Å². The van der Waals surface area contributed by atoms with Gasteiger partial charge in [-0.05, 0) is 19.3 Å². The first-order valence-electron chi connectivity index (χ1n) is 44.4. The van der Waals surface area contributed by atoms with Crippen LogP contribution in [0.5, 0.6) is 0 Å². The highest BCUT2D eigenvalue weighted by atomic mass is 16.8. The van der Waals surface area contributed by atoms with E-state index >= 15 is 0 Å². The number of aliphatic hydroxyl groups excluding tert-OH is 20. The molecule has 26 N–H and O–H groups in total. The zero-order valence-corrected chi connectivity index (χ0v) is 72.3. The van der Waals surface area contributed by atoms with Gasteiger partial charge in [0.15, 0.2) is 25.2 Å². The second kappa shape index (κ2) is 55.7. The molecule has 6 fully saturated rings. The predicted molar refractivity (Wildman–Crippen MR) is 432 cm³/mol. The minimum atomic E-state index is -3.56. The van der Waals surface area contributed by atoms with Gasteiger partial charge in [-0.25, -0.2) is 9.59 Å². The Morgan fingerprint density at radius 3 is 1.26 bits per heavy atom. The fourth-order valence-electron chi connectivity index (χ4n) is 16.6. The lowest BCUT2D eigenvalue weighted by atomic mass is 9.88. The normalized spacial score (nSPS) is 35.3. The number of aliphatic carboxylic acids is 2. The topological polar surface area (TPSA) is 706 Å². The number of aliphatic hydroxyl groups is 20. The van der Waals surface area contributed by atoms with E-state index in [0.717, 1.165) is 78.1 Å². The van der Waals surface area contributed by atoms with Gasteiger partial charge in [0.1, 0.15) is 141 Å². The van der Waals surface area contributed by atoms with Gasteiger partial charge in [-0.1, -0.05) is 167 Å². The zero-order chi connectivity index (χ0) is 93.1. The van der Waals surface area contributed by atoms with E-state index in [1.807, 2.05) is 0 Å². The van der Waals surface area contributed by atoms with Crippen LogP contribution in [0.3, 0.4) is 0 Å². The lowest BCUT2D eigenvalue weighted by Crippen LogP contribution is -2.72. The molecule has 0 radical (unpaired) electrons. The Bertz CT molecular complexity index is 3180. The van der Waals surface area contributed by atoms with Crippen LogP contribution in [0.2, 0.25) is 0 Å². The van der Waals surface area contributed by atoms with Crippen LogP contribution in [0.15, 0.2) is 12.2 Å². The average molecular weight is 1830 g/mol. The SMILES string of the molecule is CCCCCCCCCCCCC/C=C/[C@@H](O)[C@H](CO[C@@H]1OC(CO)[C@@H](O[C@@H]2OC(CO)[C@H](O[C@@H]3OC(CO)[C@H](O)[C@H](O[C@@H]4OC(CO)[C@H](O)[C@H](O[C@]5(C(=O)O)CC(O)[C@@H](NC(C)=O)C([C@H](O)[C@H](O)CO)O5)C4O)C3NC(C)=O)[C@H](O[C@]3(C(=O)O)CC(O)[C@@H](NC(=O)CO)C([C@H](O)[C@H](O)CO)O3)C2O)[C@H](O)C1O)NC(=O)CCCCCCCCCCCCCCC. The van der Waals surface area contributed by atoms with E-state index in [1.54, 1.807) is 6.08 Å². The van der Waals surface area contributed by atoms with Crippen molar-refractivity contribution in [3.8, 4) is 0 Å². The summed E-state index contributed by atoms with van der Waals surface area (Å²) in [6.07, 6.45) is -35.9. The number of allylic oxidation sites excluding steroid dienone is 1. The number of carboxylic acid groups (broad SMARTS) is 2. The van der Waals surface area contributed by atoms with Gasteiger partial charge in [0.2, 0.25) is 23.6 Å². The second-order valence-electron chi connectivity index (χ2n) is 33.6. The highest BCUT2D eigenvalue weighted by Crippen LogP contribution is 2.43. The van der Waals surface area contributed by atoms with E-state index in [1.165, 1.54) is 89.5 Å². The average Bonchev–Trinajstić information content (AvgIpc) is 0.746. The Morgan fingerprint density at radius 2 is 0.810 bits per heavy atom. The highest BCUT2D eigenvalue weighted by Gasteiger charge is 2.64. The number of carbonyl (C=O) groups is 6. The molecular formula is C82H144N4O40. The molecule has 126 heavy (non-hydrogen) atoms. The summed E-state index contributed by atoms with van der Waals surface area (Å²) in [6, 6.07) is -7.14. The lowest BCUT2D eigenvalue weighted by molar-refractivity contribution is -0.405. The fourth-order valence-corrected chi connectivity index (χ4v) is 16.6. The molecule has 44 nitrogen and oxygen atoms in total. The first-order chi connectivity index (χ1) is 60.1. The van der Waals surface area contributed by atoms with Gasteiger partial charge in [0, 0.05) is 33.1 Å². The van der Waals surface area contributed by atoms with Crippen molar-refractivity contribution in [1.82, 2.24) is 21.3 Å². The van der Waals surface area contributed by atoms with E-state index in [2.05, 4.69) is 35.1 Å². The van der Waals surface area contributed by atoms with Crippen molar-refractivity contribution in [1.29, 1.82) is 0 Å². The number of unbranched alkanes of at least 4 members (excludes halogenated alkanes) is 23. The first kappa shape index (κ1) is 110. The predicted octanol–water partition coefficient (Wildman–Crippen LogP) is -5.68. The monoisotopic (exact) mass is 1820 g/mol. The van der Waals surface area contributed by atoms with E-state index in [0.29, 0.717) is 12.8 Å². The third-order valence-corrected chi connectivity index (χ3v) is 23.7. The molecular weight excluding hydrogens is 1680 g/mol. The molecule has 6 aliphatic rings. The number of hydrogen-bond acceptors (Lipinski definition) is 38. The highest BCUT2D eigenvalue weighted by molar-refractivity contribution is 5.79. The third kappa shape index (κ3) is 31.5. The van der Waals surface area contributed by atoms with E-state index < -0.39 is 309 Å². The molecule has 0 saturated carbocycles. The summed E-state index contributed by atoms with van der Waals surface area (Å²) >= 11 is 0. The van der Waals surface area contributed by atoms with Gasteiger partial charge in [0.05, 0.1) is 82.7 Å². The molecule has 6 saturated heterocycles. The maximum absolute atomic E-state index is 14.1. The van der Waals surface area contributed by atoms with E-state index in [-0.39, 0.29) is 6.42 Å². The van der Waals surface area contributed by atoms with Crippen molar-refractivity contribution in [2.24, 2.45) is 0 Å². The van der Waals surface area contributed by atoms with Gasteiger partial charge in [-0.15, -0.1) is 0 Å². The van der Waals surface area contributed by atoms with Gasteiger partial charge >= 0.3 is 11.9 Å². The Hall–Kier alpha value is -4.72. The minimum Gasteiger partial charge on any atom is -0.477 e. The van der Waals surface area contributed by atoms with Crippen molar-refractivity contribution in [3.63, 3.8) is 0 Å². The summed E-state index contributed by atoms with van der Waals surface area (Å²) < 4.78 is 72.2. The van der Waals surface area contributed by atoms with Crippen LogP contribution in [-0.4, -0.2) is 408 Å². The summed E-state index contributed by atoms with van der Waals surface area (Å²) in [5.41, 5.74) is 0. The quantitative estimate of drug-likeness (QED) is 0.0199. The molecule has 732 valence electrons. The van der Waals surface area contributed by atoms with Gasteiger partial charge in [-0.3, -0.25) is 19.2 Å². The van der Waals surface area contributed by atoms with Crippen LogP contribution < -0.4 is 21.3 Å². The number of carboxylic acids is 2. The number of carbonyl (C=O) groups excluding carboxylic acids is 4. The Balaban J connectivity index is 1.32. The summed E-state index contributed by atoms with van der Waals surface area (Å²) in [5, 5.41) is 257. The molecule has 0 aromatic carbocycles. The zero-order valence-electron chi connectivity index (χ0n) is 72.3. The summed E-state index contributed by atoms with van der Waals surface area (Å²) in [5.74, 6) is -15.0. The van der Waals surface area contributed by atoms with Crippen LogP contribution >= 0.6 is 0 Å². The molecule has 6 aliphatic heterocycles. The molecule has 0 aromatic rings. The smallest absolute Gasteiger partial charge is 0.364 e. The van der Waals surface area contributed by atoms with Crippen molar-refractivity contribution < 1.29 is 198 Å². The molecule has 34 atom stereocenters. The fraction of sp³-hybridized carbons (Fsp3) is 0.902. The van der Waals surface area contributed by atoms with Crippen LogP contribution in [-0.2, 0) is 85.6 Å². The third-order valence-electron chi connectivity index (χ3n) is 23.7. The molecule has 0 aliphatic carbocycles. The molecule has 0 spiro atoms. The van der Waals surface area contributed by atoms with Crippen LogP contribution in [0, 0.1) is 0 Å². The van der Waals surface area contributed by atoms with Crippen LogP contribution in [0.1, 0.15) is 207 Å². The van der Waals surface area contributed by atoms with Crippen molar-refractivity contribution in [2.75, 3.05) is 52.9 Å². The standard InChI is InChI=1S/C82H144N4O40/c1-5-7-9-11-13-15-17-19-21-23-25-27-29-31-46(96)45(85-55(101)32-30-28-26-24-22-20-18-16-14-12-10-8-6-2)42-115-76-65(108)64(107)68(53(39-91)118-76)120-78-67(110)74(126-82(80(113)114)34-48(98)58(86-56(102)41-93)72(124-82)61(104)50(100)36-88)69(54(40-92)119-78)121-75-59(84-44(4)95)70(62(105)51(37-89)116-75)122-77-66(109)73(63(106)52(38-90)117-77)125-81(79(111)112)33-47(97)57(83-43(3)94)71(123-81)60(103)49(99)35-87/h29,31,45-54,57-78,87-93,96-100,103-110H,5-28,30,32-42H2,1-4H3,(H,83,94)(H,84,95)(H,85,101)(H,86,102)(H,111,112)(H,113,114)/b31-29+/t45-,46+,47?,48?,49+,50+,51?,52?,53?,54?,57+,58+,59?,60+,61+,62-,63-,64+,65?,66?,67?,68+,69-,70+,71?,72?,73-,74+,75-,76+,77-,78-,81-,82-/m0/s1. The van der Waals surface area contributed by atoms with E-state index in [4.69, 9.17) is 56.8 Å². The molecule has 44 heteroatoms. The number of rotatable bonds is 58. The number of nitrogens with one attached hydrogen (secondary N) is 4. The molecule has 0 aromatic heterocycles. The molecule has 0 bridgehead atoms. The first-order valence-corrected chi connectivity index (χ1v) is 44.4. The van der Waals surface area contributed by atoms with Crippen molar-refractivity contribution >= 4 is 35.6 Å². The number of ether oxygens (including phenoxy) is 12. The van der Waals surface area contributed by atoms with Gasteiger partial charge in [0.25, 0.3) is 11.6 Å². The summed E-state index contributed by atoms with van der Waals surface area (Å²) in [4.78, 5) is 79.7. The Labute approximate surface area is 732 Å². The Kier molecular flexibility index (Phi) is 48.6. The second-order valence-corrected chi connectivity index (χ2v) is 33.6. The van der Waals surface area contributed by atoms with Crippen LogP contribution in [0.4, 0.5) is 0 Å². The maximum Gasteiger partial charge on any atom is 0.364 e. The number of hydrogen-bond donors (Lipinski definition) is 26. The number of amides is 4. The molecule has 12 unspecified atom stereocenters. The molecule has 6 rings (SSSR count).